The number of nitrogens with zero attached hydrogens (tertiary/aromatic N) is 4. The first kappa shape index (κ1) is 20.2. The molecule has 1 amide bonds. The highest BCUT2D eigenvalue weighted by atomic mass is 32.1. The lowest BCUT2D eigenvalue weighted by molar-refractivity contribution is -0.118. The fourth-order valence-corrected chi connectivity index (χ4v) is 4.44. The zero-order valence-electron chi connectivity index (χ0n) is 16.2. The van der Waals surface area contributed by atoms with Crippen molar-refractivity contribution in [2.75, 3.05) is 11.4 Å². The first-order valence-electron chi connectivity index (χ1n) is 9.53. The molecule has 8 heteroatoms. The van der Waals surface area contributed by atoms with Crippen molar-refractivity contribution < 1.29 is 9.32 Å². The van der Waals surface area contributed by atoms with Gasteiger partial charge in [-0.25, -0.2) is 4.98 Å². The summed E-state index contributed by atoms with van der Waals surface area (Å²) in [6.45, 7) is 4.20. The van der Waals surface area contributed by atoms with Gasteiger partial charge in [0.25, 0.3) is 0 Å². The number of rotatable bonds is 9. The number of anilines is 1. The van der Waals surface area contributed by atoms with E-state index in [4.69, 9.17) is 4.52 Å². The van der Waals surface area contributed by atoms with Crippen LogP contribution in [0.5, 0.6) is 0 Å². The number of amides is 1. The molecular weight excluding hydrogens is 416 g/mol. The maximum atomic E-state index is 12.8. The summed E-state index contributed by atoms with van der Waals surface area (Å²) in [5.74, 6) is 1.14. The third-order valence-electron chi connectivity index (χ3n) is 4.40. The van der Waals surface area contributed by atoms with Crippen LogP contribution >= 0.6 is 22.7 Å². The van der Waals surface area contributed by atoms with Crippen molar-refractivity contribution in [1.82, 2.24) is 15.1 Å². The maximum absolute atomic E-state index is 12.8. The minimum absolute atomic E-state index is 0.00172. The molecule has 0 unspecified atom stereocenters. The summed E-state index contributed by atoms with van der Waals surface area (Å²) in [4.78, 5) is 24.5. The van der Waals surface area contributed by atoms with Gasteiger partial charge >= 0.3 is 0 Å². The quantitative estimate of drug-likeness (QED) is 0.326. The van der Waals surface area contributed by atoms with E-state index in [2.05, 4.69) is 21.7 Å². The molecule has 30 heavy (non-hydrogen) atoms. The molecule has 152 valence electrons. The van der Waals surface area contributed by atoms with Crippen LogP contribution in [-0.4, -0.2) is 27.6 Å². The van der Waals surface area contributed by atoms with Crippen molar-refractivity contribution in [2.45, 2.75) is 19.3 Å². The second-order valence-corrected chi connectivity index (χ2v) is 8.30. The number of hydrogen-bond acceptors (Lipinski definition) is 7. The molecule has 0 N–H and O–H groups in total. The first-order valence-corrected chi connectivity index (χ1v) is 11.3. The number of thiophene rings is 1. The average Bonchev–Trinajstić information content (AvgIpc) is 3.54. The van der Waals surface area contributed by atoms with Gasteiger partial charge in [-0.3, -0.25) is 9.69 Å². The molecule has 6 nitrogen and oxygen atoms in total. The van der Waals surface area contributed by atoms with Crippen LogP contribution in [0.2, 0.25) is 0 Å². The van der Waals surface area contributed by atoms with E-state index in [1.165, 1.54) is 11.3 Å². The zero-order chi connectivity index (χ0) is 20.8. The van der Waals surface area contributed by atoms with Crippen molar-refractivity contribution in [2.24, 2.45) is 0 Å². The van der Waals surface area contributed by atoms with Crippen molar-refractivity contribution >= 4 is 33.7 Å². The Morgan fingerprint density at radius 3 is 2.77 bits per heavy atom. The molecule has 0 bridgehead atoms. The highest BCUT2D eigenvalue weighted by Gasteiger charge is 2.19. The van der Waals surface area contributed by atoms with E-state index in [1.54, 1.807) is 22.3 Å². The van der Waals surface area contributed by atoms with E-state index in [9.17, 15) is 4.79 Å². The summed E-state index contributed by atoms with van der Waals surface area (Å²) in [6.07, 6.45) is 3.26. The van der Waals surface area contributed by atoms with Crippen LogP contribution in [0.4, 0.5) is 5.13 Å². The molecule has 0 aliphatic carbocycles. The van der Waals surface area contributed by atoms with Gasteiger partial charge in [0, 0.05) is 30.3 Å². The number of benzene rings is 1. The Labute approximate surface area is 182 Å². The summed E-state index contributed by atoms with van der Waals surface area (Å²) in [7, 11) is 0. The molecule has 4 aromatic rings. The van der Waals surface area contributed by atoms with Crippen LogP contribution in [0.25, 0.3) is 22.0 Å². The SMILES string of the molecule is C=CCN(C(=O)CCCc1nc(-c2cccs2)no1)c1nc(-c2ccccc2)cs1. The summed E-state index contributed by atoms with van der Waals surface area (Å²) in [6, 6.07) is 13.8. The van der Waals surface area contributed by atoms with E-state index in [0.29, 0.717) is 42.7 Å². The topological polar surface area (TPSA) is 72.1 Å². The lowest BCUT2D eigenvalue weighted by Crippen LogP contribution is -2.30. The van der Waals surface area contributed by atoms with E-state index in [1.807, 2.05) is 53.2 Å². The van der Waals surface area contributed by atoms with E-state index in [-0.39, 0.29) is 5.91 Å². The van der Waals surface area contributed by atoms with Gasteiger partial charge in [0.05, 0.1) is 10.6 Å². The summed E-state index contributed by atoms with van der Waals surface area (Å²) in [5, 5.41) is 8.63. The van der Waals surface area contributed by atoms with Gasteiger partial charge in [-0.15, -0.1) is 29.3 Å². The Morgan fingerprint density at radius 2 is 2.00 bits per heavy atom. The van der Waals surface area contributed by atoms with Crippen LogP contribution in [-0.2, 0) is 11.2 Å². The van der Waals surface area contributed by atoms with Crippen LogP contribution in [0.15, 0.2) is 70.4 Å². The molecule has 4 rings (SSSR count). The molecular formula is C22H20N4O2S2. The number of aromatic nitrogens is 3. The lowest BCUT2D eigenvalue weighted by Gasteiger charge is -2.17. The van der Waals surface area contributed by atoms with Crippen molar-refractivity contribution in [3.05, 3.63) is 71.8 Å². The molecule has 0 radical (unpaired) electrons. The summed E-state index contributed by atoms with van der Waals surface area (Å²) in [5.41, 5.74) is 1.90. The minimum atomic E-state index is 0.00172. The van der Waals surface area contributed by atoms with E-state index in [0.717, 1.165) is 16.1 Å². The molecule has 0 saturated heterocycles. The van der Waals surface area contributed by atoms with E-state index >= 15 is 0 Å². The predicted octanol–water partition coefficient (Wildman–Crippen LogP) is 5.46. The Balaban J connectivity index is 1.37. The Kier molecular flexibility index (Phi) is 6.46. The second kappa shape index (κ2) is 9.60. The normalized spacial score (nSPS) is 10.8. The van der Waals surface area contributed by atoms with Crippen molar-refractivity contribution in [3.63, 3.8) is 0 Å². The number of hydrogen-bond donors (Lipinski definition) is 0. The number of carbonyl (C=O) groups excluding carboxylic acids is 1. The fraction of sp³-hybridized carbons (Fsp3) is 0.182. The van der Waals surface area contributed by atoms with Crippen LogP contribution in [0, 0.1) is 0 Å². The molecule has 3 aromatic heterocycles. The van der Waals surface area contributed by atoms with Gasteiger partial charge in [-0.1, -0.05) is 47.6 Å². The largest absolute Gasteiger partial charge is 0.339 e. The average molecular weight is 437 g/mol. The second-order valence-electron chi connectivity index (χ2n) is 6.52. The van der Waals surface area contributed by atoms with Crippen LogP contribution < -0.4 is 4.90 Å². The molecule has 0 aliphatic heterocycles. The van der Waals surface area contributed by atoms with Gasteiger partial charge in [0.2, 0.25) is 17.6 Å². The molecule has 0 saturated carbocycles. The van der Waals surface area contributed by atoms with Gasteiger partial charge in [0.15, 0.2) is 5.13 Å². The number of carbonyl (C=O) groups is 1. The molecule has 0 aliphatic rings. The number of aryl methyl sites for hydroxylation is 1. The summed E-state index contributed by atoms with van der Waals surface area (Å²) < 4.78 is 5.31. The van der Waals surface area contributed by atoms with E-state index < -0.39 is 0 Å². The molecule has 0 spiro atoms. The Hall–Kier alpha value is -3.10. The van der Waals surface area contributed by atoms with Crippen LogP contribution in [0.3, 0.4) is 0 Å². The third kappa shape index (κ3) is 4.72. The standard InChI is InChI=1S/C22H20N4O2S2/c1-2-13-26(22-23-17(15-30-22)16-8-4-3-5-9-16)20(27)12-6-11-19-24-21(25-28-19)18-10-7-14-29-18/h2-5,7-10,14-15H,1,6,11-13H2. The molecule has 0 fully saturated rings. The molecule has 1 aromatic carbocycles. The monoisotopic (exact) mass is 436 g/mol. The maximum Gasteiger partial charge on any atom is 0.229 e. The Morgan fingerprint density at radius 1 is 1.13 bits per heavy atom. The van der Waals surface area contributed by atoms with Gasteiger partial charge in [-0.2, -0.15) is 4.98 Å². The third-order valence-corrected chi connectivity index (χ3v) is 6.13. The number of thiazole rings is 1. The fourth-order valence-electron chi connectivity index (χ4n) is 2.93. The van der Waals surface area contributed by atoms with Crippen molar-refractivity contribution in [3.8, 4) is 22.0 Å². The first-order chi connectivity index (χ1) is 14.7. The Bertz CT molecular complexity index is 1100. The molecule has 3 heterocycles. The zero-order valence-corrected chi connectivity index (χ0v) is 17.9. The molecule has 0 atom stereocenters. The predicted molar refractivity (Wildman–Crippen MR) is 121 cm³/mol. The highest BCUT2D eigenvalue weighted by Crippen LogP contribution is 2.28. The van der Waals surface area contributed by atoms with Crippen LogP contribution in [0.1, 0.15) is 18.7 Å². The lowest BCUT2D eigenvalue weighted by atomic mass is 10.2. The van der Waals surface area contributed by atoms with Gasteiger partial charge in [0.1, 0.15) is 0 Å². The summed E-state index contributed by atoms with van der Waals surface area (Å²) >= 11 is 3.02. The van der Waals surface area contributed by atoms with Crippen molar-refractivity contribution in [1.29, 1.82) is 0 Å². The van der Waals surface area contributed by atoms with Gasteiger partial charge < -0.3 is 4.52 Å². The van der Waals surface area contributed by atoms with Gasteiger partial charge in [-0.05, 0) is 17.9 Å². The minimum Gasteiger partial charge on any atom is -0.339 e. The highest BCUT2D eigenvalue weighted by molar-refractivity contribution is 7.14. The smallest absolute Gasteiger partial charge is 0.229 e.